The van der Waals surface area contributed by atoms with Crippen molar-refractivity contribution in [3.63, 3.8) is 0 Å². The van der Waals surface area contributed by atoms with E-state index >= 15 is 0 Å². The second-order valence-corrected chi connectivity index (χ2v) is 8.42. The summed E-state index contributed by atoms with van der Waals surface area (Å²) >= 11 is 0. The molecule has 2 aromatic rings. The van der Waals surface area contributed by atoms with E-state index in [0.29, 0.717) is 0 Å². The molecule has 0 saturated carbocycles. The van der Waals surface area contributed by atoms with Crippen LogP contribution in [-0.4, -0.2) is 0 Å². The van der Waals surface area contributed by atoms with Crippen molar-refractivity contribution in [2.75, 3.05) is 0 Å². The Kier molecular flexibility index (Phi) is 6.62. The van der Waals surface area contributed by atoms with Crippen LogP contribution in [0.3, 0.4) is 0 Å². The Labute approximate surface area is 144 Å². The number of hydrogen-bond acceptors (Lipinski definition) is 0. The molecular weight excluding hydrogens is 276 g/mol. The highest BCUT2D eigenvalue weighted by atomic mass is 14.2. The standard InChI is InChI=1S/C12H18.C11H16/c1-5-10-6-8-11(9-7-10)12(2,3)4;1-9-5-7-10(8-6-9)11(2,3)4/h6-9H,5H2,1-4H3;5-8H,1-4H3. The Morgan fingerprint density at radius 1 is 0.609 bits per heavy atom. The molecule has 0 unspecified atom stereocenters. The van der Waals surface area contributed by atoms with Gasteiger partial charge in [-0.05, 0) is 40.9 Å². The maximum atomic E-state index is 2.24. The fourth-order valence-corrected chi connectivity index (χ4v) is 2.29. The molecule has 23 heavy (non-hydrogen) atoms. The minimum Gasteiger partial charge on any atom is -0.0613 e. The first-order valence-electron chi connectivity index (χ1n) is 8.70. The summed E-state index contributed by atoms with van der Waals surface area (Å²) in [5, 5.41) is 0. The first kappa shape index (κ1) is 19.5. The first-order chi connectivity index (χ1) is 10.5. The zero-order chi connectivity index (χ0) is 17.7. The Morgan fingerprint density at radius 2 is 0.957 bits per heavy atom. The highest BCUT2D eigenvalue weighted by Crippen LogP contribution is 2.22. The van der Waals surface area contributed by atoms with E-state index in [2.05, 4.69) is 104 Å². The molecule has 0 N–H and O–H groups in total. The quantitative estimate of drug-likeness (QED) is 0.541. The van der Waals surface area contributed by atoms with Gasteiger partial charge in [0.25, 0.3) is 0 Å². The molecule has 0 saturated heterocycles. The van der Waals surface area contributed by atoms with Crippen LogP contribution in [0.2, 0.25) is 0 Å². The fourth-order valence-electron chi connectivity index (χ4n) is 2.29. The van der Waals surface area contributed by atoms with Crippen LogP contribution >= 0.6 is 0 Å². The van der Waals surface area contributed by atoms with Crippen molar-refractivity contribution in [3.05, 3.63) is 70.8 Å². The van der Waals surface area contributed by atoms with Crippen LogP contribution in [0.4, 0.5) is 0 Å². The summed E-state index contributed by atoms with van der Waals surface area (Å²) in [6.07, 6.45) is 1.13. The molecule has 0 radical (unpaired) electrons. The van der Waals surface area contributed by atoms with E-state index in [1.807, 2.05) is 0 Å². The predicted octanol–water partition coefficient (Wildman–Crippen LogP) is 6.84. The Bertz CT molecular complexity index is 572. The summed E-state index contributed by atoms with van der Waals surface area (Å²) in [4.78, 5) is 0. The smallest absolute Gasteiger partial charge is 0.0132 e. The maximum absolute atomic E-state index is 2.24. The van der Waals surface area contributed by atoms with Crippen LogP contribution in [0.15, 0.2) is 48.5 Å². The third-order valence-corrected chi connectivity index (χ3v) is 4.15. The molecule has 0 atom stereocenters. The molecule has 0 fully saturated rings. The Balaban J connectivity index is 0.000000231. The third kappa shape index (κ3) is 6.60. The summed E-state index contributed by atoms with van der Waals surface area (Å²) in [6.45, 7) is 17.7. The molecule has 0 heteroatoms. The molecule has 0 nitrogen and oxygen atoms in total. The molecular formula is C23H34. The number of benzene rings is 2. The highest BCUT2D eigenvalue weighted by molar-refractivity contribution is 5.27. The van der Waals surface area contributed by atoms with E-state index in [4.69, 9.17) is 0 Å². The van der Waals surface area contributed by atoms with Gasteiger partial charge in [-0.3, -0.25) is 0 Å². The van der Waals surface area contributed by atoms with Crippen molar-refractivity contribution >= 4 is 0 Å². The molecule has 2 rings (SSSR count). The van der Waals surface area contributed by atoms with Gasteiger partial charge in [-0.2, -0.15) is 0 Å². The summed E-state index contributed by atoms with van der Waals surface area (Å²) in [5.41, 5.74) is 6.14. The van der Waals surface area contributed by atoms with Gasteiger partial charge >= 0.3 is 0 Å². The molecule has 126 valence electrons. The van der Waals surface area contributed by atoms with Gasteiger partial charge in [0.1, 0.15) is 0 Å². The first-order valence-corrected chi connectivity index (χ1v) is 8.70. The van der Waals surface area contributed by atoms with Gasteiger partial charge in [0.2, 0.25) is 0 Å². The van der Waals surface area contributed by atoms with Crippen molar-refractivity contribution in [1.82, 2.24) is 0 Å². The monoisotopic (exact) mass is 310 g/mol. The molecule has 0 aliphatic heterocycles. The third-order valence-electron chi connectivity index (χ3n) is 4.15. The lowest BCUT2D eigenvalue weighted by Crippen LogP contribution is -2.10. The predicted molar refractivity (Wildman–Crippen MR) is 104 cm³/mol. The molecule has 0 aliphatic carbocycles. The van der Waals surface area contributed by atoms with Gasteiger partial charge < -0.3 is 0 Å². The number of hydrogen-bond donors (Lipinski definition) is 0. The van der Waals surface area contributed by atoms with E-state index in [-0.39, 0.29) is 10.8 Å². The normalized spacial score (nSPS) is 11.7. The lowest BCUT2D eigenvalue weighted by atomic mass is 9.86. The van der Waals surface area contributed by atoms with E-state index in [9.17, 15) is 0 Å². The molecule has 0 amide bonds. The Hall–Kier alpha value is -1.56. The maximum Gasteiger partial charge on any atom is -0.0132 e. The molecule has 0 heterocycles. The lowest BCUT2D eigenvalue weighted by molar-refractivity contribution is 0.590. The Morgan fingerprint density at radius 3 is 1.26 bits per heavy atom. The average Bonchev–Trinajstić information content (AvgIpc) is 2.46. The molecule has 0 aromatic heterocycles. The second-order valence-electron chi connectivity index (χ2n) is 8.42. The molecule has 2 aromatic carbocycles. The molecule has 0 bridgehead atoms. The van der Waals surface area contributed by atoms with Crippen molar-refractivity contribution in [3.8, 4) is 0 Å². The van der Waals surface area contributed by atoms with Gasteiger partial charge in [-0.25, -0.2) is 0 Å². The average molecular weight is 311 g/mol. The van der Waals surface area contributed by atoms with E-state index in [0.717, 1.165) is 6.42 Å². The topological polar surface area (TPSA) is 0 Å². The van der Waals surface area contributed by atoms with Crippen LogP contribution in [-0.2, 0) is 17.3 Å². The highest BCUT2D eigenvalue weighted by Gasteiger charge is 2.12. The second kappa shape index (κ2) is 7.81. The summed E-state index contributed by atoms with van der Waals surface area (Å²) in [5.74, 6) is 0. The minimum atomic E-state index is 0.284. The number of aryl methyl sites for hydroxylation is 2. The van der Waals surface area contributed by atoms with Gasteiger partial charge in [0.15, 0.2) is 0 Å². The molecule has 0 aliphatic rings. The largest absolute Gasteiger partial charge is 0.0613 e. The van der Waals surface area contributed by atoms with Crippen LogP contribution in [0.1, 0.15) is 70.7 Å². The summed E-state index contributed by atoms with van der Waals surface area (Å²) < 4.78 is 0. The van der Waals surface area contributed by atoms with E-state index in [1.54, 1.807) is 0 Å². The van der Waals surface area contributed by atoms with E-state index in [1.165, 1.54) is 22.3 Å². The zero-order valence-corrected chi connectivity index (χ0v) is 16.3. The van der Waals surface area contributed by atoms with Crippen molar-refractivity contribution in [2.24, 2.45) is 0 Å². The van der Waals surface area contributed by atoms with Gasteiger partial charge in [0.05, 0.1) is 0 Å². The minimum absolute atomic E-state index is 0.284. The van der Waals surface area contributed by atoms with Gasteiger partial charge in [0, 0.05) is 0 Å². The van der Waals surface area contributed by atoms with Gasteiger partial charge in [-0.1, -0.05) is 103 Å². The van der Waals surface area contributed by atoms with Crippen LogP contribution in [0, 0.1) is 6.92 Å². The zero-order valence-electron chi connectivity index (χ0n) is 16.3. The number of rotatable bonds is 1. The summed E-state index contributed by atoms with van der Waals surface area (Å²) in [7, 11) is 0. The SMILES string of the molecule is CCc1ccc(C(C)(C)C)cc1.Cc1ccc(C(C)(C)C)cc1. The van der Waals surface area contributed by atoms with Crippen LogP contribution < -0.4 is 0 Å². The lowest BCUT2D eigenvalue weighted by Gasteiger charge is -2.18. The molecule has 0 spiro atoms. The van der Waals surface area contributed by atoms with Crippen molar-refractivity contribution < 1.29 is 0 Å². The van der Waals surface area contributed by atoms with Gasteiger partial charge in [-0.15, -0.1) is 0 Å². The van der Waals surface area contributed by atoms with Crippen molar-refractivity contribution in [2.45, 2.75) is 72.6 Å². The summed E-state index contributed by atoms with van der Waals surface area (Å²) in [6, 6.07) is 17.7. The van der Waals surface area contributed by atoms with E-state index < -0.39 is 0 Å². The fraction of sp³-hybridized carbons (Fsp3) is 0.478. The van der Waals surface area contributed by atoms with Crippen molar-refractivity contribution in [1.29, 1.82) is 0 Å². The van der Waals surface area contributed by atoms with Crippen LogP contribution in [0.5, 0.6) is 0 Å². The van der Waals surface area contributed by atoms with Crippen LogP contribution in [0.25, 0.3) is 0 Å².